The first-order valence-corrected chi connectivity index (χ1v) is 6.61. The Kier molecular flexibility index (Phi) is 4.83. The minimum atomic E-state index is -0.454. The van der Waals surface area contributed by atoms with Crippen LogP contribution < -0.4 is 10.9 Å². The van der Waals surface area contributed by atoms with E-state index in [9.17, 15) is 9.59 Å². The largest absolute Gasteiger partial charge is 0.289 e. The summed E-state index contributed by atoms with van der Waals surface area (Å²) in [6, 6.07) is 0. The van der Waals surface area contributed by atoms with Crippen molar-refractivity contribution in [2.45, 2.75) is 38.5 Å². The van der Waals surface area contributed by atoms with Gasteiger partial charge in [-0.15, -0.1) is 0 Å². The molecule has 0 aromatic carbocycles. The van der Waals surface area contributed by atoms with Crippen LogP contribution in [0.15, 0.2) is 18.6 Å². The second-order valence-electron chi connectivity index (χ2n) is 4.80. The van der Waals surface area contributed by atoms with Gasteiger partial charge in [0, 0.05) is 18.8 Å². The van der Waals surface area contributed by atoms with Gasteiger partial charge in [0.05, 0.1) is 6.20 Å². The first-order valence-electron chi connectivity index (χ1n) is 6.61. The molecule has 1 aliphatic carbocycles. The molecule has 1 aliphatic rings. The number of nitrogens with zero attached hydrogens (tertiary/aromatic N) is 2. The quantitative estimate of drug-likeness (QED) is 0.802. The number of hydrogen-bond acceptors (Lipinski definition) is 4. The molecule has 0 unspecified atom stereocenters. The first-order chi connectivity index (χ1) is 9.25. The number of aromatic nitrogens is 2. The van der Waals surface area contributed by atoms with Crippen molar-refractivity contribution >= 4 is 11.8 Å². The van der Waals surface area contributed by atoms with Gasteiger partial charge in [-0.25, -0.2) is 4.98 Å². The van der Waals surface area contributed by atoms with Gasteiger partial charge in [-0.1, -0.05) is 19.3 Å². The fourth-order valence-electron chi connectivity index (χ4n) is 2.31. The Morgan fingerprint density at radius 2 is 1.95 bits per heavy atom. The van der Waals surface area contributed by atoms with Gasteiger partial charge in [-0.2, -0.15) is 0 Å². The molecule has 6 heteroatoms. The van der Waals surface area contributed by atoms with Crippen molar-refractivity contribution in [3.05, 3.63) is 24.3 Å². The van der Waals surface area contributed by atoms with E-state index in [1.165, 1.54) is 37.9 Å². The maximum absolute atomic E-state index is 11.7. The fraction of sp³-hybridized carbons (Fsp3) is 0.538. The topological polar surface area (TPSA) is 84.0 Å². The summed E-state index contributed by atoms with van der Waals surface area (Å²) in [5.41, 5.74) is 4.95. The van der Waals surface area contributed by atoms with Crippen molar-refractivity contribution in [3.8, 4) is 0 Å². The molecule has 0 radical (unpaired) electrons. The van der Waals surface area contributed by atoms with Crippen LogP contribution in [0, 0.1) is 5.92 Å². The second kappa shape index (κ2) is 6.82. The normalized spacial score (nSPS) is 15.8. The number of hydrogen-bond donors (Lipinski definition) is 2. The fourth-order valence-corrected chi connectivity index (χ4v) is 2.31. The Hall–Kier alpha value is -1.98. The number of hydrazine groups is 1. The molecule has 0 saturated heterocycles. The second-order valence-corrected chi connectivity index (χ2v) is 4.80. The van der Waals surface area contributed by atoms with Crippen LogP contribution >= 0.6 is 0 Å². The number of amides is 2. The molecular formula is C13H18N4O2. The standard InChI is InChI=1S/C13H18N4O2/c18-12(8-10-4-2-1-3-5-10)16-17-13(19)11-9-14-6-7-15-11/h6-7,9-10H,1-5,8H2,(H,16,18)(H,17,19). The van der Waals surface area contributed by atoms with E-state index in [-0.39, 0.29) is 11.6 Å². The minimum absolute atomic E-state index is 0.149. The molecule has 2 rings (SSSR count). The third kappa shape index (κ3) is 4.31. The molecular weight excluding hydrogens is 244 g/mol. The van der Waals surface area contributed by atoms with Gasteiger partial charge in [0.25, 0.3) is 5.91 Å². The highest BCUT2D eigenvalue weighted by atomic mass is 16.2. The number of carbonyl (C=O) groups is 2. The van der Waals surface area contributed by atoms with Crippen LogP contribution in [0.4, 0.5) is 0 Å². The van der Waals surface area contributed by atoms with Crippen molar-refractivity contribution < 1.29 is 9.59 Å². The summed E-state index contributed by atoms with van der Waals surface area (Å²) in [6.07, 6.45) is 10.6. The molecule has 1 aromatic heterocycles. The molecule has 0 spiro atoms. The maximum atomic E-state index is 11.7. The molecule has 1 heterocycles. The van der Waals surface area contributed by atoms with Crippen LogP contribution in [-0.4, -0.2) is 21.8 Å². The molecule has 1 aromatic rings. The molecule has 102 valence electrons. The van der Waals surface area contributed by atoms with E-state index in [1.807, 2.05) is 0 Å². The van der Waals surface area contributed by atoms with E-state index >= 15 is 0 Å². The average Bonchev–Trinajstić information content (AvgIpc) is 2.47. The van der Waals surface area contributed by atoms with Crippen LogP contribution in [0.1, 0.15) is 49.0 Å². The van der Waals surface area contributed by atoms with Gasteiger partial charge < -0.3 is 0 Å². The van der Waals surface area contributed by atoms with E-state index in [1.54, 1.807) is 0 Å². The predicted molar refractivity (Wildman–Crippen MR) is 68.8 cm³/mol. The molecule has 2 amide bonds. The Morgan fingerprint density at radius 1 is 1.16 bits per heavy atom. The van der Waals surface area contributed by atoms with Gasteiger partial charge >= 0.3 is 0 Å². The van der Waals surface area contributed by atoms with Crippen molar-refractivity contribution in [2.75, 3.05) is 0 Å². The molecule has 0 atom stereocenters. The molecule has 0 aliphatic heterocycles. The van der Waals surface area contributed by atoms with Gasteiger partial charge in [0.1, 0.15) is 5.69 Å². The number of nitrogens with one attached hydrogen (secondary N) is 2. The molecule has 19 heavy (non-hydrogen) atoms. The molecule has 1 saturated carbocycles. The monoisotopic (exact) mass is 262 g/mol. The van der Waals surface area contributed by atoms with Crippen molar-refractivity contribution in [3.63, 3.8) is 0 Å². The molecule has 2 N–H and O–H groups in total. The summed E-state index contributed by atoms with van der Waals surface area (Å²) in [4.78, 5) is 30.9. The van der Waals surface area contributed by atoms with E-state index < -0.39 is 5.91 Å². The third-order valence-corrected chi connectivity index (χ3v) is 3.31. The summed E-state index contributed by atoms with van der Waals surface area (Å²) in [7, 11) is 0. The minimum Gasteiger partial charge on any atom is -0.273 e. The Bertz CT molecular complexity index is 430. The lowest BCUT2D eigenvalue weighted by Crippen LogP contribution is -2.42. The summed E-state index contributed by atoms with van der Waals surface area (Å²) >= 11 is 0. The maximum Gasteiger partial charge on any atom is 0.289 e. The van der Waals surface area contributed by atoms with Crippen molar-refractivity contribution in [2.24, 2.45) is 5.92 Å². The van der Waals surface area contributed by atoms with Gasteiger partial charge in [-0.3, -0.25) is 25.4 Å². The zero-order chi connectivity index (χ0) is 13.5. The number of carbonyl (C=O) groups excluding carboxylic acids is 2. The first kappa shape index (κ1) is 13.5. The van der Waals surface area contributed by atoms with E-state index in [4.69, 9.17) is 0 Å². The Labute approximate surface area is 112 Å². The van der Waals surface area contributed by atoms with Crippen LogP contribution in [0.2, 0.25) is 0 Å². The van der Waals surface area contributed by atoms with Crippen molar-refractivity contribution in [1.82, 2.24) is 20.8 Å². The Balaban J connectivity index is 1.72. The SMILES string of the molecule is O=C(CC1CCCCC1)NNC(=O)c1cnccn1. The highest BCUT2D eigenvalue weighted by molar-refractivity contribution is 5.93. The highest BCUT2D eigenvalue weighted by Gasteiger charge is 2.17. The summed E-state index contributed by atoms with van der Waals surface area (Å²) in [6.45, 7) is 0. The van der Waals surface area contributed by atoms with Crippen LogP contribution in [0.25, 0.3) is 0 Å². The smallest absolute Gasteiger partial charge is 0.273 e. The summed E-state index contributed by atoms with van der Waals surface area (Å²) in [5, 5.41) is 0. The molecule has 6 nitrogen and oxygen atoms in total. The van der Waals surface area contributed by atoms with Crippen LogP contribution in [-0.2, 0) is 4.79 Å². The Morgan fingerprint density at radius 3 is 2.63 bits per heavy atom. The lowest BCUT2D eigenvalue weighted by atomic mass is 9.87. The highest BCUT2D eigenvalue weighted by Crippen LogP contribution is 2.25. The van der Waals surface area contributed by atoms with E-state index in [2.05, 4.69) is 20.8 Å². The number of rotatable bonds is 3. The molecule has 0 bridgehead atoms. The van der Waals surface area contributed by atoms with Gasteiger partial charge in [0.15, 0.2) is 0 Å². The lowest BCUT2D eigenvalue weighted by molar-refractivity contribution is -0.123. The van der Waals surface area contributed by atoms with E-state index in [0.717, 1.165) is 12.8 Å². The summed E-state index contributed by atoms with van der Waals surface area (Å²) < 4.78 is 0. The van der Waals surface area contributed by atoms with Gasteiger partial charge in [-0.05, 0) is 18.8 Å². The average molecular weight is 262 g/mol. The zero-order valence-electron chi connectivity index (χ0n) is 10.8. The molecule has 1 fully saturated rings. The lowest BCUT2D eigenvalue weighted by Gasteiger charge is -2.20. The summed E-state index contributed by atoms with van der Waals surface area (Å²) in [5.74, 6) is -0.156. The van der Waals surface area contributed by atoms with Crippen LogP contribution in [0.3, 0.4) is 0 Å². The zero-order valence-corrected chi connectivity index (χ0v) is 10.8. The van der Waals surface area contributed by atoms with Gasteiger partial charge in [0.2, 0.25) is 5.91 Å². The van der Waals surface area contributed by atoms with Crippen LogP contribution in [0.5, 0.6) is 0 Å². The van der Waals surface area contributed by atoms with E-state index in [0.29, 0.717) is 12.3 Å². The van der Waals surface area contributed by atoms with Crippen molar-refractivity contribution in [1.29, 1.82) is 0 Å². The third-order valence-electron chi connectivity index (χ3n) is 3.31. The predicted octanol–water partition coefficient (Wildman–Crippen LogP) is 1.21.